The van der Waals surface area contributed by atoms with Gasteiger partial charge in [0.1, 0.15) is 18.8 Å². The summed E-state index contributed by atoms with van der Waals surface area (Å²) in [4.78, 5) is 11.4. The van der Waals surface area contributed by atoms with Crippen LogP contribution in [0.1, 0.15) is 32.6 Å². The Bertz CT molecular complexity index is 394. The van der Waals surface area contributed by atoms with Crippen LogP contribution in [0.25, 0.3) is 0 Å². The fourth-order valence-corrected chi connectivity index (χ4v) is 2.05. The summed E-state index contributed by atoms with van der Waals surface area (Å²) in [6.45, 7) is 1.05. The van der Waals surface area contributed by atoms with Crippen LogP contribution in [0.2, 0.25) is 0 Å². The molecule has 0 aromatic rings. The molecule has 8 heteroatoms. The van der Waals surface area contributed by atoms with Crippen LogP contribution in [0, 0.1) is 0 Å². The van der Waals surface area contributed by atoms with Gasteiger partial charge in [-0.3, -0.25) is 0 Å². The normalized spacial score (nSPS) is 22.4. The zero-order chi connectivity index (χ0) is 16.7. The molecule has 128 valence electrons. The Balaban J connectivity index is 2.68. The van der Waals surface area contributed by atoms with E-state index in [-0.39, 0.29) is 12.4 Å². The molecule has 0 saturated carbocycles. The Hall–Kier alpha value is -1.35. The molecule has 8 nitrogen and oxygen atoms in total. The molecule has 4 atom stereocenters. The second-order valence-electron chi connectivity index (χ2n) is 5.24. The number of carbonyl (C=O) groups is 1. The van der Waals surface area contributed by atoms with Crippen molar-refractivity contribution in [2.24, 2.45) is 0 Å². The molecule has 1 aliphatic heterocycles. The Morgan fingerprint density at radius 3 is 2.55 bits per heavy atom. The maximum absolute atomic E-state index is 11.4. The van der Waals surface area contributed by atoms with E-state index < -0.39 is 42.8 Å². The van der Waals surface area contributed by atoms with E-state index >= 15 is 0 Å². The van der Waals surface area contributed by atoms with Crippen molar-refractivity contribution in [3.63, 3.8) is 0 Å². The number of hydrogen-bond acceptors (Lipinski definition) is 8. The van der Waals surface area contributed by atoms with Crippen LogP contribution >= 0.6 is 0 Å². The SMILES string of the molecule is CCCCCC(O)[C@H](O)[C@H]1OC(=O)C(O)=C1OCC(O)CO. The Labute approximate surface area is 128 Å². The van der Waals surface area contributed by atoms with Gasteiger partial charge in [-0.1, -0.05) is 26.2 Å². The quantitative estimate of drug-likeness (QED) is 0.265. The van der Waals surface area contributed by atoms with Crippen molar-refractivity contribution in [3.8, 4) is 0 Å². The van der Waals surface area contributed by atoms with Gasteiger partial charge in [-0.2, -0.15) is 0 Å². The van der Waals surface area contributed by atoms with Crippen LogP contribution < -0.4 is 0 Å². The third kappa shape index (κ3) is 4.84. The van der Waals surface area contributed by atoms with Gasteiger partial charge in [0.2, 0.25) is 5.76 Å². The Morgan fingerprint density at radius 2 is 1.95 bits per heavy atom. The van der Waals surface area contributed by atoms with Crippen molar-refractivity contribution in [3.05, 3.63) is 11.5 Å². The van der Waals surface area contributed by atoms with Crippen LogP contribution in [0.15, 0.2) is 11.5 Å². The number of aliphatic hydroxyl groups excluding tert-OH is 5. The summed E-state index contributed by atoms with van der Waals surface area (Å²) in [6.07, 6.45) is -2.28. The first-order chi connectivity index (χ1) is 10.4. The Morgan fingerprint density at radius 1 is 1.27 bits per heavy atom. The van der Waals surface area contributed by atoms with Crippen molar-refractivity contribution in [1.82, 2.24) is 0 Å². The van der Waals surface area contributed by atoms with E-state index in [0.29, 0.717) is 12.8 Å². The van der Waals surface area contributed by atoms with E-state index in [1.54, 1.807) is 0 Å². The Kier molecular flexibility index (Phi) is 7.60. The van der Waals surface area contributed by atoms with Gasteiger partial charge in [0.15, 0.2) is 11.9 Å². The zero-order valence-electron chi connectivity index (χ0n) is 12.5. The lowest BCUT2D eigenvalue weighted by Crippen LogP contribution is -2.39. The fraction of sp³-hybridized carbons (Fsp3) is 0.786. The molecule has 0 saturated heterocycles. The largest absolute Gasteiger partial charge is 0.499 e. The molecule has 22 heavy (non-hydrogen) atoms. The van der Waals surface area contributed by atoms with Crippen molar-refractivity contribution < 1.29 is 39.8 Å². The summed E-state index contributed by atoms with van der Waals surface area (Å²) in [7, 11) is 0. The van der Waals surface area contributed by atoms with Gasteiger partial charge in [0.05, 0.1) is 12.7 Å². The minimum atomic E-state index is -1.45. The van der Waals surface area contributed by atoms with Gasteiger partial charge in [-0.05, 0) is 6.42 Å². The van der Waals surface area contributed by atoms with Crippen molar-refractivity contribution in [1.29, 1.82) is 0 Å². The molecule has 1 rings (SSSR count). The molecule has 0 aliphatic carbocycles. The number of ether oxygens (including phenoxy) is 2. The van der Waals surface area contributed by atoms with Crippen LogP contribution in [0.4, 0.5) is 0 Å². The minimum Gasteiger partial charge on any atom is -0.499 e. The monoisotopic (exact) mass is 320 g/mol. The summed E-state index contributed by atoms with van der Waals surface area (Å²) in [5.74, 6) is -2.23. The smallest absolute Gasteiger partial charge is 0.378 e. The van der Waals surface area contributed by atoms with Crippen LogP contribution in [-0.4, -0.2) is 69.1 Å². The van der Waals surface area contributed by atoms with Crippen LogP contribution in [-0.2, 0) is 14.3 Å². The molecule has 1 aliphatic rings. The summed E-state index contributed by atoms with van der Waals surface area (Å²) in [5, 5.41) is 47.6. The molecule has 0 fully saturated rings. The van der Waals surface area contributed by atoms with E-state index in [4.69, 9.17) is 14.6 Å². The summed E-state index contributed by atoms with van der Waals surface area (Å²) < 4.78 is 9.85. The van der Waals surface area contributed by atoms with Gasteiger partial charge in [-0.15, -0.1) is 0 Å². The van der Waals surface area contributed by atoms with Gasteiger partial charge in [0.25, 0.3) is 0 Å². The first kappa shape index (κ1) is 18.7. The molecule has 0 amide bonds. The standard InChI is InChI=1S/C14H24O8/c1-2-3-4-5-9(17)10(18)13-12(11(19)14(20)22-13)21-7-8(16)6-15/h8-10,13,15-19H,2-7H2,1H3/t8?,9?,10-,13+/m0/s1. The average molecular weight is 320 g/mol. The van der Waals surface area contributed by atoms with Crippen LogP contribution in [0.3, 0.4) is 0 Å². The highest BCUT2D eigenvalue weighted by atomic mass is 16.6. The highest BCUT2D eigenvalue weighted by Crippen LogP contribution is 2.27. The first-order valence-electron chi connectivity index (χ1n) is 7.34. The predicted molar refractivity (Wildman–Crippen MR) is 74.7 cm³/mol. The third-order valence-electron chi connectivity index (χ3n) is 3.37. The molecule has 5 N–H and O–H groups in total. The molecule has 0 aromatic heterocycles. The molecular formula is C14H24O8. The number of cyclic esters (lactones) is 1. The number of esters is 1. The third-order valence-corrected chi connectivity index (χ3v) is 3.37. The number of hydrogen-bond donors (Lipinski definition) is 5. The van der Waals surface area contributed by atoms with E-state index in [0.717, 1.165) is 12.8 Å². The maximum atomic E-state index is 11.4. The molecule has 2 unspecified atom stereocenters. The van der Waals surface area contributed by atoms with E-state index in [1.807, 2.05) is 6.92 Å². The van der Waals surface area contributed by atoms with Gasteiger partial charge >= 0.3 is 5.97 Å². The molecule has 0 radical (unpaired) electrons. The minimum absolute atomic E-state index is 0.316. The van der Waals surface area contributed by atoms with E-state index in [1.165, 1.54) is 0 Å². The maximum Gasteiger partial charge on any atom is 0.378 e. The van der Waals surface area contributed by atoms with Gasteiger partial charge in [0, 0.05) is 0 Å². The lowest BCUT2D eigenvalue weighted by Gasteiger charge is -2.24. The summed E-state index contributed by atoms with van der Waals surface area (Å²) in [6, 6.07) is 0. The van der Waals surface area contributed by atoms with Crippen LogP contribution in [0.5, 0.6) is 0 Å². The summed E-state index contributed by atoms with van der Waals surface area (Å²) >= 11 is 0. The summed E-state index contributed by atoms with van der Waals surface area (Å²) in [5.41, 5.74) is 0. The number of rotatable bonds is 10. The van der Waals surface area contributed by atoms with Gasteiger partial charge in [-0.25, -0.2) is 4.79 Å². The topological polar surface area (TPSA) is 137 Å². The molecule has 0 aromatic carbocycles. The van der Waals surface area contributed by atoms with Crippen molar-refractivity contribution in [2.75, 3.05) is 13.2 Å². The van der Waals surface area contributed by atoms with Crippen molar-refractivity contribution in [2.45, 2.75) is 57.0 Å². The zero-order valence-corrected chi connectivity index (χ0v) is 12.5. The second-order valence-corrected chi connectivity index (χ2v) is 5.24. The lowest BCUT2D eigenvalue weighted by molar-refractivity contribution is -0.151. The highest BCUT2D eigenvalue weighted by Gasteiger charge is 2.43. The first-order valence-corrected chi connectivity index (χ1v) is 7.34. The number of aliphatic hydroxyl groups is 5. The second kappa shape index (κ2) is 8.94. The number of unbranched alkanes of at least 4 members (excludes halogenated alkanes) is 2. The molecule has 0 spiro atoms. The van der Waals surface area contributed by atoms with Gasteiger partial charge < -0.3 is 35.0 Å². The average Bonchev–Trinajstić information content (AvgIpc) is 2.79. The van der Waals surface area contributed by atoms with E-state index in [9.17, 15) is 25.2 Å². The molecular weight excluding hydrogens is 296 g/mol. The lowest BCUT2D eigenvalue weighted by atomic mass is 10.0. The number of carbonyl (C=O) groups excluding carboxylic acids is 1. The molecule has 0 bridgehead atoms. The predicted octanol–water partition coefficient (Wildman–Crippen LogP) is -0.647. The molecule has 1 heterocycles. The van der Waals surface area contributed by atoms with E-state index in [2.05, 4.69) is 0 Å². The van der Waals surface area contributed by atoms with Crippen molar-refractivity contribution >= 4 is 5.97 Å². The fourth-order valence-electron chi connectivity index (χ4n) is 2.05. The highest BCUT2D eigenvalue weighted by molar-refractivity contribution is 5.89.